The van der Waals surface area contributed by atoms with E-state index >= 15 is 0 Å². The van der Waals surface area contributed by atoms with Crippen molar-refractivity contribution in [1.29, 1.82) is 0 Å². The first-order chi connectivity index (χ1) is 29.5. The summed E-state index contributed by atoms with van der Waals surface area (Å²) in [6.07, 6.45) is -2.45. The average molecular weight is 867 g/mol. The number of carbonyl (C=O) groups excluding carboxylic acids is 7. The maximum absolute atomic E-state index is 14.8. The highest BCUT2D eigenvalue weighted by molar-refractivity contribution is 5.99. The lowest BCUT2D eigenvalue weighted by molar-refractivity contribution is -0.164. The van der Waals surface area contributed by atoms with Crippen LogP contribution in [0.2, 0.25) is 0 Å². The number of aliphatic hydroxyl groups excluding tert-OH is 1. The molecule has 7 amide bonds. The third-order valence-corrected chi connectivity index (χ3v) is 12.1. The van der Waals surface area contributed by atoms with Crippen molar-refractivity contribution in [1.82, 2.24) is 30.7 Å². The van der Waals surface area contributed by atoms with E-state index in [1.165, 1.54) is 23.6 Å². The van der Waals surface area contributed by atoms with E-state index < -0.39 is 108 Å². The Morgan fingerprint density at radius 2 is 1.61 bits per heavy atom. The molecule has 0 bridgehead atoms. The second-order valence-corrected chi connectivity index (χ2v) is 16.9. The van der Waals surface area contributed by atoms with Crippen LogP contribution in [0.25, 0.3) is 0 Å². The van der Waals surface area contributed by atoms with E-state index in [9.17, 15) is 47.4 Å². The summed E-state index contributed by atoms with van der Waals surface area (Å²) in [7, 11) is 1.94. The lowest BCUT2D eigenvalue weighted by Crippen LogP contribution is -2.64. The van der Waals surface area contributed by atoms with Crippen LogP contribution in [0.5, 0.6) is 0 Å². The van der Waals surface area contributed by atoms with Crippen molar-refractivity contribution in [3.05, 3.63) is 59.2 Å². The first-order valence-corrected chi connectivity index (χ1v) is 20.8. The van der Waals surface area contributed by atoms with Gasteiger partial charge in [-0.15, -0.1) is 0 Å². The minimum atomic E-state index is -1.77. The van der Waals surface area contributed by atoms with Crippen LogP contribution in [-0.4, -0.2) is 156 Å². The predicted molar refractivity (Wildman–Crippen MR) is 216 cm³/mol. The maximum atomic E-state index is 14.8. The number of ether oxygens (including phenoxy) is 2. The van der Waals surface area contributed by atoms with Gasteiger partial charge >= 0.3 is 12.0 Å². The number of nitrogens with one attached hydrogen (secondary N) is 4. The molecule has 5 aliphatic rings. The molecular weight excluding hydrogens is 815 g/mol. The summed E-state index contributed by atoms with van der Waals surface area (Å²) in [5, 5.41) is 21.4. The molecule has 4 saturated heterocycles. The number of aliphatic hydroxyl groups is 1. The van der Waals surface area contributed by atoms with Crippen molar-refractivity contribution in [2.45, 2.75) is 94.9 Å². The van der Waals surface area contributed by atoms with Crippen molar-refractivity contribution in [3.8, 4) is 0 Å². The highest BCUT2D eigenvalue weighted by atomic mass is 19.1. The second-order valence-electron chi connectivity index (χ2n) is 16.9. The Hall–Kier alpha value is -5.89. The smallest absolute Gasteiger partial charge is 0.329 e. The van der Waals surface area contributed by atoms with E-state index in [1.54, 1.807) is 12.1 Å². The van der Waals surface area contributed by atoms with Gasteiger partial charge in [-0.3, -0.25) is 24.0 Å². The van der Waals surface area contributed by atoms with Gasteiger partial charge in [0.15, 0.2) is 0 Å². The number of hydrogen-bond donors (Lipinski definition) is 5. The van der Waals surface area contributed by atoms with Crippen LogP contribution < -0.4 is 26.2 Å². The van der Waals surface area contributed by atoms with E-state index in [-0.39, 0.29) is 57.2 Å². The van der Waals surface area contributed by atoms with E-state index in [2.05, 4.69) is 26.2 Å². The third kappa shape index (κ3) is 9.45. The molecule has 5 N–H and O–H groups in total. The quantitative estimate of drug-likeness (QED) is 0.245. The fraction of sp³-hybridized carbons (Fsp3) is 0.548. The summed E-state index contributed by atoms with van der Waals surface area (Å²) < 4.78 is 40.3. The molecule has 0 saturated carbocycles. The number of esters is 1. The summed E-state index contributed by atoms with van der Waals surface area (Å²) in [5.41, 5.74) is 2.38. The van der Waals surface area contributed by atoms with Gasteiger partial charge in [0.1, 0.15) is 54.0 Å². The zero-order chi connectivity index (χ0) is 44.6. The van der Waals surface area contributed by atoms with Crippen LogP contribution in [0.4, 0.5) is 25.0 Å². The number of hydrogen-bond acceptors (Lipinski definition) is 11. The lowest BCUT2D eigenvalue weighted by atomic mass is 10.0. The predicted octanol–water partition coefficient (Wildman–Crippen LogP) is 0.0509. The SMILES string of the molecule is C[C@@H]1C[C@H]2C(=O)O[C@@H](C)[C@H](NC(=O)[C@H](Cc3cc(F)cc(F)c3)NC(=O)Nc3ccc4c(c3)CCN4C)C(=O)N3C[C@H](O)C[C@H]3C(=O)N3CCOC[C@H]3C(=O)N[C@@H](C)C(=O)N2C1. The number of nitrogens with zero attached hydrogens (tertiary/aromatic N) is 4. The van der Waals surface area contributed by atoms with E-state index in [4.69, 9.17) is 9.47 Å². The van der Waals surface area contributed by atoms with Crippen LogP contribution in [0.3, 0.4) is 0 Å². The number of rotatable bonds is 6. The van der Waals surface area contributed by atoms with Crippen LogP contribution in [0.1, 0.15) is 44.7 Å². The number of benzene rings is 2. The van der Waals surface area contributed by atoms with Gasteiger partial charge < -0.3 is 55.4 Å². The molecule has 62 heavy (non-hydrogen) atoms. The van der Waals surface area contributed by atoms with Crippen molar-refractivity contribution in [3.63, 3.8) is 0 Å². The summed E-state index contributed by atoms with van der Waals surface area (Å²) in [5.74, 6) is -6.89. The monoisotopic (exact) mass is 866 g/mol. The summed E-state index contributed by atoms with van der Waals surface area (Å²) in [6.45, 7) is 4.99. The Labute approximate surface area is 356 Å². The van der Waals surface area contributed by atoms with E-state index in [0.29, 0.717) is 11.8 Å². The van der Waals surface area contributed by atoms with Crippen molar-refractivity contribution < 1.29 is 56.9 Å². The summed E-state index contributed by atoms with van der Waals surface area (Å²) in [4.78, 5) is 104. The summed E-state index contributed by atoms with van der Waals surface area (Å²) in [6, 6.07) is -1.09. The number of carbonyl (C=O) groups is 7. The molecule has 0 unspecified atom stereocenters. The normalized spacial score (nSPS) is 28.7. The molecule has 4 fully saturated rings. The zero-order valence-corrected chi connectivity index (χ0v) is 34.9. The van der Waals surface area contributed by atoms with Gasteiger partial charge in [-0.2, -0.15) is 0 Å². The number of fused-ring (bicyclic) bond motifs is 4. The zero-order valence-electron chi connectivity index (χ0n) is 34.9. The van der Waals surface area contributed by atoms with Crippen LogP contribution >= 0.6 is 0 Å². The molecule has 2 aromatic rings. The second kappa shape index (κ2) is 18.2. The molecule has 0 radical (unpaired) electrons. The number of cyclic esters (lactones) is 1. The highest BCUT2D eigenvalue weighted by Gasteiger charge is 2.49. The molecule has 20 heteroatoms. The van der Waals surface area contributed by atoms with Crippen LogP contribution in [0.15, 0.2) is 36.4 Å². The van der Waals surface area contributed by atoms with Gasteiger partial charge in [-0.25, -0.2) is 18.4 Å². The first kappa shape index (κ1) is 44.2. The molecule has 5 aliphatic heterocycles. The molecule has 7 rings (SSSR count). The lowest BCUT2D eigenvalue weighted by Gasteiger charge is -2.39. The Morgan fingerprint density at radius 3 is 2.35 bits per heavy atom. The Bertz CT molecular complexity index is 2110. The van der Waals surface area contributed by atoms with Crippen molar-refractivity contribution in [2.24, 2.45) is 5.92 Å². The Kier molecular flexibility index (Phi) is 13.0. The van der Waals surface area contributed by atoms with Crippen molar-refractivity contribution in [2.75, 3.05) is 56.7 Å². The first-order valence-electron chi connectivity index (χ1n) is 20.8. The molecule has 0 spiro atoms. The van der Waals surface area contributed by atoms with Gasteiger partial charge in [0.25, 0.3) is 0 Å². The average Bonchev–Trinajstić information content (AvgIpc) is 3.93. The molecule has 0 aromatic heterocycles. The molecule has 5 heterocycles. The number of halogens is 2. The maximum Gasteiger partial charge on any atom is 0.329 e. The minimum Gasteiger partial charge on any atom is -0.458 e. The van der Waals surface area contributed by atoms with Gasteiger partial charge in [-0.05, 0) is 74.1 Å². The van der Waals surface area contributed by atoms with Crippen LogP contribution in [0, 0.1) is 17.6 Å². The third-order valence-electron chi connectivity index (χ3n) is 12.1. The van der Waals surface area contributed by atoms with Gasteiger partial charge in [0, 0.05) is 63.5 Å². The molecule has 18 nitrogen and oxygen atoms in total. The molecule has 0 aliphatic carbocycles. The fourth-order valence-electron chi connectivity index (χ4n) is 8.99. The number of likely N-dealkylation sites (N-methyl/N-ethyl adjacent to an activating group) is 1. The van der Waals surface area contributed by atoms with E-state index in [1.807, 2.05) is 20.0 Å². The molecule has 2 aromatic carbocycles. The van der Waals surface area contributed by atoms with Gasteiger partial charge in [-0.1, -0.05) is 6.92 Å². The fourth-order valence-corrected chi connectivity index (χ4v) is 8.99. The molecule has 9 atom stereocenters. The largest absolute Gasteiger partial charge is 0.458 e. The van der Waals surface area contributed by atoms with Crippen LogP contribution in [-0.2, 0) is 51.1 Å². The standard InChI is InChI=1S/C42H52F2N8O10/c1-21-11-33-41(59)62-23(3)35(40(58)52-19-29(53)17-32(52)39(57)50-9-10-61-20-34(50)37(55)45-22(2)38(56)51(33)18-21)48-36(54)30(14-24-12-26(43)16-27(44)13-24)47-42(60)46-28-5-6-31-25(15-28)7-8-49(31)4/h5-6,12-13,15-16,21-23,29-30,32-35,53H,7-11,14,17-20H2,1-4H3,(H,45,55)(H,48,54)(H2,46,47,60)/t21-,22+,23+,29-,30+,32+,33+,34+,35+/m1/s1. The Morgan fingerprint density at radius 1 is 0.887 bits per heavy atom. The van der Waals surface area contributed by atoms with E-state index in [0.717, 1.165) is 41.2 Å². The summed E-state index contributed by atoms with van der Waals surface area (Å²) >= 11 is 0. The number of anilines is 2. The number of urea groups is 1. The van der Waals surface area contributed by atoms with Gasteiger partial charge in [0.05, 0.1) is 19.3 Å². The number of morpholine rings is 1. The number of amides is 7. The molecule has 334 valence electrons. The van der Waals surface area contributed by atoms with Crippen molar-refractivity contribution >= 4 is 52.9 Å². The topological polar surface area (TPSA) is 219 Å². The molecular formula is C42H52F2N8O10. The van der Waals surface area contributed by atoms with Gasteiger partial charge in [0.2, 0.25) is 29.5 Å². The minimum absolute atomic E-state index is 0.0147. The Balaban J connectivity index is 1.21. The highest BCUT2D eigenvalue weighted by Crippen LogP contribution is 2.30.